The maximum absolute atomic E-state index is 12.4. The number of nitrogens with one attached hydrogen (secondary N) is 1. The lowest BCUT2D eigenvalue weighted by molar-refractivity contribution is -0.135. The van der Waals surface area contributed by atoms with E-state index in [1.54, 1.807) is 0 Å². The molecule has 6 nitrogen and oxygen atoms in total. The Bertz CT molecular complexity index is 607. The maximum Gasteiger partial charge on any atom is 0.260 e. The molecule has 1 saturated carbocycles. The van der Waals surface area contributed by atoms with Crippen molar-refractivity contribution in [3.63, 3.8) is 0 Å². The van der Waals surface area contributed by atoms with E-state index in [9.17, 15) is 9.59 Å². The molecule has 0 unspecified atom stereocenters. The third kappa shape index (κ3) is 5.21. The summed E-state index contributed by atoms with van der Waals surface area (Å²) in [4.78, 5) is 26.3. The number of methoxy groups -OCH3 is 1. The summed E-state index contributed by atoms with van der Waals surface area (Å²) in [5, 5.41) is 3.19. The van der Waals surface area contributed by atoms with Crippen molar-refractivity contribution in [1.82, 2.24) is 10.2 Å². The molecule has 1 heterocycles. The van der Waals surface area contributed by atoms with Gasteiger partial charge in [-0.1, -0.05) is 31.0 Å². The van der Waals surface area contributed by atoms with Gasteiger partial charge in [0.05, 0.1) is 0 Å². The van der Waals surface area contributed by atoms with Crippen molar-refractivity contribution in [2.24, 2.45) is 5.92 Å². The maximum atomic E-state index is 12.4. The van der Waals surface area contributed by atoms with Crippen molar-refractivity contribution < 1.29 is 19.1 Å². The first kappa shape index (κ1) is 18.7. The molecular formula is C20H28N2O4. The number of benzene rings is 1. The van der Waals surface area contributed by atoms with Crippen LogP contribution in [0.4, 0.5) is 0 Å². The van der Waals surface area contributed by atoms with Gasteiger partial charge in [0.15, 0.2) is 6.61 Å². The smallest absolute Gasteiger partial charge is 0.260 e. The summed E-state index contributed by atoms with van der Waals surface area (Å²) in [7, 11) is 1.53. The molecule has 2 aliphatic rings. The number of piperidine rings is 1. The first-order valence-electron chi connectivity index (χ1n) is 9.36. The molecule has 1 aromatic carbocycles. The lowest BCUT2D eigenvalue weighted by atomic mass is 9.82. The minimum absolute atomic E-state index is 0.00269. The van der Waals surface area contributed by atoms with Crippen molar-refractivity contribution in [3.8, 4) is 5.75 Å². The summed E-state index contributed by atoms with van der Waals surface area (Å²) in [5.74, 6) is 1.34. The summed E-state index contributed by atoms with van der Waals surface area (Å²) in [6.45, 7) is 1.43. The highest BCUT2D eigenvalue weighted by Gasteiger charge is 2.41. The molecule has 1 saturated heterocycles. The third-order valence-electron chi connectivity index (χ3n) is 5.24. The molecule has 2 amide bonds. The summed E-state index contributed by atoms with van der Waals surface area (Å²) in [5.41, 5.74) is -0.201. The average Bonchev–Trinajstić information content (AvgIpc) is 3.45. The fourth-order valence-corrected chi connectivity index (χ4v) is 3.65. The van der Waals surface area contributed by atoms with Gasteiger partial charge in [-0.2, -0.15) is 0 Å². The first-order valence-corrected chi connectivity index (χ1v) is 9.36. The van der Waals surface area contributed by atoms with Crippen LogP contribution in [-0.2, 0) is 14.3 Å². The van der Waals surface area contributed by atoms with Crippen LogP contribution in [0.1, 0.15) is 32.1 Å². The zero-order valence-corrected chi connectivity index (χ0v) is 15.4. The molecule has 0 bridgehead atoms. The lowest BCUT2D eigenvalue weighted by Gasteiger charge is -2.42. The molecule has 2 fully saturated rings. The molecule has 26 heavy (non-hydrogen) atoms. The van der Waals surface area contributed by atoms with Crippen LogP contribution in [0.25, 0.3) is 0 Å². The first-order chi connectivity index (χ1) is 12.6. The molecule has 0 spiro atoms. The van der Waals surface area contributed by atoms with Gasteiger partial charge in [0.1, 0.15) is 12.4 Å². The van der Waals surface area contributed by atoms with Gasteiger partial charge in [0, 0.05) is 25.7 Å². The van der Waals surface area contributed by atoms with Gasteiger partial charge in [-0.05, 0) is 37.3 Å². The van der Waals surface area contributed by atoms with Crippen LogP contribution in [0.2, 0.25) is 0 Å². The Morgan fingerprint density at radius 1 is 1.15 bits per heavy atom. The van der Waals surface area contributed by atoms with E-state index in [1.807, 2.05) is 35.2 Å². The SMILES string of the molecule is COCC(=O)NC1(CC2CC2)CCN(C(=O)COc2ccccc2)CC1. The Morgan fingerprint density at radius 2 is 1.85 bits per heavy atom. The monoisotopic (exact) mass is 360 g/mol. The molecule has 0 aromatic heterocycles. The Labute approximate surface area is 154 Å². The van der Waals surface area contributed by atoms with Gasteiger partial charge < -0.3 is 19.7 Å². The van der Waals surface area contributed by atoms with Crippen LogP contribution in [0.15, 0.2) is 30.3 Å². The van der Waals surface area contributed by atoms with E-state index in [-0.39, 0.29) is 30.6 Å². The molecule has 1 N–H and O–H groups in total. The van der Waals surface area contributed by atoms with E-state index >= 15 is 0 Å². The predicted octanol–water partition coefficient (Wildman–Crippen LogP) is 1.99. The van der Waals surface area contributed by atoms with Crippen LogP contribution >= 0.6 is 0 Å². The van der Waals surface area contributed by atoms with Gasteiger partial charge in [-0.3, -0.25) is 9.59 Å². The predicted molar refractivity (Wildman–Crippen MR) is 97.8 cm³/mol. The van der Waals surface area contributed by atoms with E-state index in [0.717, 1.165) is 19.3 Å². The van der Waals surface area contributed by atoms with Gasteiger partial charge in [-0.15, -0.1) is 0 Å². The Balaban J connectivity index is 1.51. The van der Waals surface area contributed by atoms with Crippen LogP contribution in [0.3, 0.4) is 0 Å². The Hall–Kier alpha value is -2.08. The number of hydrogen-bond acceptors (Lipinski definition) is 4. The quantitative estimate of drug-likeness (QED) is 0.770. The largest absolute Gasteiger partial charge is 0.484 e. The summed E-state index contributed by atoms with van der Waals surface area (Å²) in [6, 6.07) is 9.37. The fraction of sp³-hybridized carbons (Fsp3) is 0.600. The lowest BCUT2D eigenvalue weighted by Crippen LogP contribution is -2.57. The number of nitrogens with zero attached hydrogens (tertiary/aromatic N) is 1. The summed E-state index contributed by atoms with van der Waals surface area (Å²) in [6.07, 6.45) is 5.07. The molecule has 6 heteroatoms. The zero-order chi connectivity index (χ0) is 18.4. The second-order valence-electron chi connectivity index (χ2n) is 7.39. The minimum Gasteiger partial charge on any atom is -0.484 e. The number of para-hydroxylation sites is 1. The fourth-order valence-electron chi connectivity index (χ4n) is 3.65. The van der Waals surface area contributed by atoms with Crippen LogP contribution < -0.4 is 10.1 Å². The molecule has 142 valence electrons. The second-order valence-corrected chi connectivity index (χ2v) is 7.39. The van der Waals surface area contributed by atoms with E-state index in [1.165, 1.54) is 20.0 Å². The molecule has 3 rings (SSSR count). The number of hydrogen-bond donors (Lipinski definition) is 1. The Morgan fingerprint density at radius 3 is 2.46 bits per heavy atom. The molecule has 1 aliphatic heterocycles. The third-order valence-corrected chi connectivity index (χ3v) is 5.24. The van der Waals surface area contributed by atoms with E-state index in [2.05, 4.69) is 5.32 Å². The van der Waals surface area contributed by atoms with Crippen LogP contribution in [0, 0.1) is 5.92 Å². The minimum atomic E-state index is -0.201. The number of carbonyl (C=O) groups excluding carboxylic acids is 2. The van der Waals surface area contributed by atoms with Crippen LogP contribution in [-0.4, -0.2) is 55.7 Å². The summed E-state index contributed by atoms with van der Waals surface area (Å²) < 4.78 is 10.5. The average molecular weight is 360 g/mol. The van der Waals surface area contributed by atoms with Crippen molar-refractivity contribution in [1.29, 1.82) is 0 Å². The number of rotatable bonds is 8. The van der Waals surface area contributed by atoms with Gasteiger partial charge in [0.2, 0.25) is 5.91 Å². The van der Waals surface area contributed by atoms with E-state index in [4.69, 9.17) is 9.47 Å². The molecule has 0 radical (unpaired) electrons. The Kier molecular flexibility index (Phi) is 6.14. The normalized spacial score (nSPS) is 19.0. The highest BCUT2D eigenvalue weighted by molar-refractivity contribution is 5.79. The molecular weight excluding hydrogens is 332 g/mol. The molecule has 1 aromatic rings. The van der Waals surface area contributed by atoms with Gasteiger partial charge in [0.25, 0.3) is 5.91 Å². The zero-order valence-electron chi connectivity index (χ0n) is 15.4. The molecule has 0 atom stereocenters. The number of carbonyl (C=O) groups is 2. The summed E-state index contributed by atoms with van der Waals surface area (Å²) >= 11 is 0. The highest BCUT2D eigenvalue weighted by atomic mass is 16.5. The standard InChI is InChI=1S/C20H28N2O4/c1-25-14-18(23)21-20(13-16-7-8-16)9-11-22(12-10-20)19(24)15-26-17-5-3-2-4-6-17/h2-6,16H,7-15H2,1H3,(H,21,23). The van der Waals surface area contributed by atoms with Crippen molar-refractivity contribution in [3.05, 3.63) is 30.3 Å². The van der Waals surface area contributed by atoms with Crippen molar-refractivity contribution >= 4 is 11.8 Å². The number of ether oxygens (including phenoxy) is 2. The van der Waals surface area contributed by atoms with Crippen molar-refractivity contribution in [2.45, 2.75) is 37.6 Å². The topological polar surface area (TPSA) is 67.9 Å². The van der Waals surface area contributed by atoms with E-state index in [0.29, 0.717) is 24.8 Å². The van der Waals surface area contributed by atoms with Gasteiger partial charge in [-0.25, -0.2) is 0 Å². The highest BCUT2D eigenvalue weighted by Crippen LogP contribution is 2.40. The molecule has 1 aliphatic carbocycles. The van der Waals surface area contributed by atoms with Crippen molar-refractivity contribution in [2.75, 3.05) is 33.4 Å². The van der Waals surface area contributed by atoms with E-state index < -0.39 is 0 Å². The number of amides is 2. The van der Waals surface area contributed by atoms with Crippen LogP contribution in [0.5, 0.6) is 5.75 Å². The number of likely N-dealkylation sites (tertiary alicyclic amines) is 1. The van der Waals surface area contributed by atoms with Gasteiger partial charge >= 0.3 is 0 Å². The second kappa shape index (κ2) is 8.54.